The van der Waals surface area contributed by atoms with E-state index in [9.17, 15) is 48.9 Å². The van der Waals surface area contributed by atoms with E-state index >= 15 is 0 Å². The molecule has 3 rings (SSSR count). The zero-order valence-electron chi connectivity index (χ0n) is 18.3. The molecule has 0 aromatic carbocycles. The Balaban J connectivity index is 1.59. The van der Waals surface area contributed by atoms with Gasteiger partial charge in [-0.25, -0.2) is 13.9 Å². The van der Waals surface area contributed by atoms with Crippen molar-refractivity contribution in [3.63, 3.8) is 0 Å². The molecule has 0 radical (unpaired) electrons. The third-order valence-electron chi connectivity index (χ3n) is 5.31. The van der Waals surface area contributed by atoms with Gasteiger partial charge in [-0.3, -0.25) is 23.4 Å². The fourth-order valence-corrected chi connectivity index (χ4v) is 5.57. The Kier molecular flexibility index (Phi) is 8.56. The second kappa shape index (κ2) is 10.6. The Morgan fingerprint density at radius 1 is 1.09 bits per heavy atom. The summed E-state index contributed by atoms with van der Waals surface area (Å²) < 4.78 is 49.0. The molecule has 0 spiro atoms. The minimum Gasteiger partial charge on any atom is -0.390 e. The van der Waals surface area contributed by atoms with Gasteiger partial charge in [0.2, 0.25) is 0 Å². The van der Waals surface area contributed by atoms with Crippen molar-refractivity contribution in [1.29, 1.82) is 0 Å². The van der Waals surface area contributed by atoms with Gasteiger partial charge in [-0.05, 0) is 13.8 Å². The van der Waals surface area contributed by atoms with E-state index in [0.29, 0.717) is 0 Å². The molecule has 1 aromatic rings. The van der Waals surface area contributed by atoms with E-state index in [1.807, 2.05) is 0 Å². The van der Waals surface area contributed by atoms with Crippen LogP contribution in [0.15, 0.2) is 15.8 Å². The van der Waals surface area contributed by atoms with Gasteiger partial charge in [0.1, 0.15) is 30.6 Å². The van der Waals surface area contributed by atoms with Gasteiger partial charge in [-0.1, -0.05) is 0 Å². The smallest absolute Gasteiger partial charge is 0.390 e. The van der Waals surface area contributed by atoms with E-state index in [1.165, 1.54) is 20.0 Å². The van der Waals surface area contributed by atoms with Crippen LogP contribution in [0.2, 0.25) is 0 Å². The Morgan fingerprint density at radius 2 is 1.74 bits per heavy atom. The summed E-state index contributed by atoms with van der Waals surface area (Å²) in [7, 11) is -10.8. The van der Waals surface area contributed by atoms with Gasteiger partial charge >= 0.3 is 21.3 Å². The molecule has 2 fully saturated rings. The third kappa shape index (κ3) is 6.72. The maximum Gasteiger partial charge on any atom is 0.483 e. The first-order chi connectivity index (χ1) is 16.1. The predicted octanol–water partition coefficient (Wildman–Crippen LogP) is -2.43. The zero-order chi connectivity index (χ0) is 26.3. The van der Waals surface area contributed by atoms with E-state index in [4.69, 9.17) is 9.47 Å². The van der Waals surface area contributed by atoms with Crippen molar-refractivity contribution in [1.82, 2.24) is 9.55 Å². The molecule has 2 aliphatic rings. The van der Waals surface area contributed by atoms with Crippen LogP contribution in [0, 0.1) is 6.92 Å². The number of rotatable bonds is 8. The number of aromatic nitrogens is 2. The predicted molar refractivity (Wildman–Crippen MR) is 111 cm³/mol. The van der Waals surface area contributed by atoms with Gasteiger partial charge in [-0.15, -0.1) is 0 Å². The van der Waals surface area contributed by atoms with Crippen LogP contribution in [0.25, 0.3) is 0 Å². The van der Waals surface area contributed by atoms with Gasteiger partial charge < -0.3 is 39.7 Å². The highest BCUT2D eigenvalue weighted by Gasteiger charge is 2.47. The number of aromatic amines is 1. The number of hydrogen-bond acceptors (Lipinski definition) is 13. The highest BCUT2D eigenvalue weighted by molar-refractivity contribution is 7.61. The molecular weight excluding hydrogens is 522 g/mol. The number of ether oxygens (including phenoxy) is 2. The van der Waals surface area contributed by atoms with Crippen LogP contribution in [0.1, 0.15) is 25.1 Å². The molecule has 2 unspecified atom stereocenters. The molecular formula is C16H26N2O15P2. The Hall–Kier alpha value is -1.30. The molecule has 3 heterocycles. The zero-order valence-corrected chi connectivity index (χ0v) is 20.1. The topological polar surface area (TPSA) is 257 Å². The standard InChI is InChI=1S/C16H26N2O15P2/c1-6-4-18(16(24)17-14(6)23)10-3-8(19)9(31-10)5-29-34(25,26)33-35(27,28)32-15-13(22)12(21)11(20)7(2)30-15/h4,7-13,15,19-22H,3,5H2,1-2H3,(H,25,26)(H,27,28)(H,17,23,24)/t7-,8+,9+,10+,11-,12-,13+,15+/m0/s1. The second-order valence-corrected chi connectivity index (χ2v) is 11.0. The van der Waals surface area contributed by atoms with Gasteiger partial charge in [-0.2, -0.15) is 4.31 Å². The lowest BCUT2D eigenvalue weighted by Crippen LogP contribution is -2.57. The molecule has 200 valence electrons. The van der Waals surface area contributed by atoms with Crippen molar-refractivity contribution >= 4 is 15.6 Å². The van der Waals surface area contributed by atoms with Crippen molar-refractivity contribution in [2.45, 2.75) is 69.4 Å². The van der Waals surface area contributed by atoms with Crippen LogP contribution in [0.5, 0.6) is 0 Å². The molecule has 35 heavy (non-hydrogen) atoms. The summed E-state index contributed by atoms with van der Waals surface area (Å²) in [5, 5.41) is 39.3. The monoisotopic (exact) mass is 548 g/mol. The number of phosphoric acid groups is 2. The summed E-state index contributed by atoms with van der Waals surface area (Å²) in [5.74, 6) is 0. The summed E-state index contributed by atoms with van der Waals surface area (Å²) in [4.78, 5) is 45.2. The molecule has 7 N–H and O–H groups in total. The van der Waals surface area contributed by atoms with Crippen LogP contribution in [0.3, 0.4) is 0 Å². The Labute approximate surface area is 196 Å². The normalized spacial score (nSPS) is 37.0. The number of aryl methyl sites for hydroxylation is 1. The number of phosphoric ester groups is 2. The molecule has 0 aliphatic carbocycles. The van der Waals surface area contributed by atoms with Gasteiger partial charge in [0, 0.05) is 18.2 Å². The highest BCUT2D eigenvalue weighted by atomic mass is 31.3. The number of nitrogens with one attached hydrogen (secondary N) is 1. The second-order valence-electron chi connectivity index (χ2n) is 8.01. The first-order valence-electron chi connectivity index (χ1n) is 10.2. The Bertz CT molecular complexity index is 1120. The van der Waals surface area contributed by atoms with Crippen molar-refractivity contribution in [2.24, 2.45) is 0 Å². The molecule has 0 saturated carbocycles. The number of hydrogen-bond donors (Lipinski definition) is 7. The quantitative estimate of drug-likeness (QED) is 0.167. The van der Waals surface area contributed by atoms with Crippen molar-refractivity contribution in [2.75, 3.05) is 6.61 Å². The van der Waals surface area contributed by atoms with Crippen molar-refractivity contribution in [3.05, 3.63) is 32.6 Å². The molecule has 2 saturated heterocycles. The lowest BCUT2D eigenvalue weighted by atomic mass is 10.0. The minimum absolute atomic E-state index is 0.152. The number of aliphatic hydroxyl groups is 4. The summed E-state index contributed by atoms with van der Waals surface area (Å²) in [5.41, 5.74) is -1.23. The van der Waals surface area contributed by atoms with Crippen LogP contribution < -0.4 is 11.2 Å². The van der Waals surface area contributed by atoms with Gasteiger partial charge in [0.05, 0.1) is 18.8 Å². The summed E-state index contributed by atoms with van der Waals surface area (Å²) in [6.45, 7) is 1.88. The van der Waals surface area contributed by atoms with Gasteiger partial charge in [0.25, 0.3) is 5.56 Å². The van der Waals surface area contributed by atoms with Crippen LogP contribution in [-0.4, -0.2) is 89.3 Å². The minimum atomic E-state index is -5.44. The van der Waals surface area contributed by atoms with E-state index < -0.39 is 82.6 Å². The molecule has 19 heteroatoms. The van der Waals surface area contributed by atoms with Crippen molar-refractivity contribution in [3.8, 4) is 0 Å². The fraction of sp³-hybridized carbons (Fsp3) is 0.750. The number of aliphatic hydroxyl groups excluding tert-OH is 4. The van der Waals surface area contributed by atoms with E-state index in [-0.39, 0.29) is 12.0 Å². The molecule has 0 bridgehead atoms. The first-order valence-corrected chi connectivity index (χ1v) is 13.1. The number of nitrogens with zero attached hydrogens (tertiary/aromatic N) is 1. The van der Waals surface area contributed by atoms with E-state index in [1.54, 1.807) is 0 Å². The molecule has 10 atom stereocenters. The average molecular weight is 548 g/mol. The lowest BCUT2D eigenvalue weighted by Gasteiger charge is -2.38. The molecule has 0 amide bonds. The lowest BCUT2D eigenvalue weighted by molar-refractivity contribution is -0.271. The molecule has 17 nitrogen and oxygen atoms in total. The molecule has 2 aliphatic heterocycles. The average Bonchev–Trinajstić information content (AvgIpc) is 3.11. The number of H-pyrrole nitrogens is 1. The van der Waals surface area contributed by atoms with Crippen molar-refractivity contribution < 1.29 is 62.2 Å². The fourth-order valence-electron chi connectivity index (χ4n) is 3.41. The molecule has 1 aromatic heterocycles. The van der Waals surface area contributed by atoms with Gasteiger partial charge in [0.15, 0.2) is 6.29 Å². The maximum atomic E-state index is 12.2. The SMILES string of the molecule is Cc1cn([C@H]2C[C@@H](O)[C@@H](COP(=O)(O)OP(=O)(O)O[C@H]3O[C@@H](C)[C@H](O)[C@H](O)[C@H]3O)O2)c(=O)[nH]c1=O. The summed E-state index contributed by atoms with van der Waals surface area (Å²) >= 11 is 0. The van der Waals surface area contributed by atoms with E-state index in [0.717, 1.165) is 4.57 Å². The largest absolute Gasteiger partial charge is 0.483 e. The van der Waals surface area contributed by atoms with E-state index in [2.05, 4.69) is 18.3 Å². The Morgan fingerprint density at radius 3 is 2.40 bits per heavy atom. The van der Waals surface area contributed by atoms with Crippen LogP contribution in [0.4, 0.5) is 0 Å². The van der Waals surface area contributed by atoms with Crippen LogP contribution >= 0.6 is 15.6 Å². The third-order valence-corrected chi connectivity index (χ3v) is 7.91. The first kappa shape index (κ1) is 28.3. The summed E-state index contributed by atoms with van der Waals surface area (Å²) in [6.07, 6.45) is -11.0. The van der Waals surface area contributed by atoms with Crippen LogP contribution in [-0.2, 0) is 32.0 Å². The maximum absolute atomic E-state index is 12.2. The summed E-state index contributed by atoms with van der Waals surface area (Å²) in [6, 6.07) is 0. The highest BCUT2D eigenvalue weighted by Crippen LogP contribution is 2.61.